The zero-order chi connectivity index (χ0) is 9.97. The molecular weight excluding hydrogens is 240 g/mol. The highest BCUT2D eigenvalue weighted by Crippen LogP contribution is 2.27. The maximum absolute atomic E-state index is 5.53. The Hall–Kier alpha value is -0.540. The van der Waals surface area contributed by atoms with Crippen LogP contribution >= 0.6 is 15.9 Å². The predicted molar refractivity (Wildman–Crippen MR) is 63.7 cm³/mol. The third kappa shape index (κ3) is 1.93. The second-order valence-electron chi connectivity index (χ2n) is 3.65. The van der Waals surface area contributed by atoms with Gasteiger partial charge in [-0.05, 0) is 37.1 Å². The lowest BCUT2D eigenvalue weighted by molar-refractivity contribution is 0.617. The number of rotatable bonds is 3. The van der Waals surface area contributed by atoms with Crippen LogP contribution in [-0.4, -0.2) is 19.6 Å². The molecule has 1 heterocycles. The van der Waals surface area contributed by atoms with Crippen molar-refractivity contribution in [2.24, 2.45) is 5.73 Å². The molecule has 3 heteroatoms. The van der Waals surface area contributed by atoms with Gasteiger partial charge in [-0.3, -0.25) is 0 Å². The summed E-state index contributed by atoms with van der Waals surface area (Å²) in [5.74, 6) is 0. The topological polar surface area (TPSA) is 29.3 Å². The van der Waals surface area contributed by atoms with Crippen LogP contribution in [0.25, 0.3) is 0 Å². The molecule has 0 aromatic heterocycles. The fourth-order valence-electron chi connectivity index (χ4n) is 1.67. The summed E-state index contributed by atoms with van der Waals surface area (Å²) in [5, 5.41) is 0. The largest absolute Gasteiger partial charge is 0.371 e. The van der Waals surface area contributed by atoms with E-state index in [1.807, 2.05) is 0 Å². The van der Waals surface area contributed by atoms with Crippen molar-refractivity contribution in [1.82, 2.24) is 0 Å². The summed E-state index contributed by atoms with van der Waals surface area (Å²) >= 11 is 3.59. The highest BCUT2D eigenvalue weighted by Gasteiger charge is 2.14. The van der Waals surface area contributed by atoms with Crippen molar-refractivity contribution in [1.29, 1.82) is 0 Å². The average Bonchev–Trinajstić information content (AvgIpc) is 2.07. The van der Waals surface area contributed by atoms with Crippen molar-refractivity contribution in [3.63, 3.8) is 0 Å². The lowest BCUT2D eigenvalue weighted by Gasteiger charge is -2.33. The van der Waals surface area contributed by atoms with Crippen molar-refractivity contribution in [3.05, 3.63) is 28.2 Å². The van der Waals surface area contributed by atoms with E-state index in [2.05, 4.69) is 39.0 Å². The van der Waals surface area contributed by atoms with E-state index >= 15 is 0 Å². The van der Waals surface area contributed by atoms with Gasteiger partial charge in [0.1, 0.15) is 0 Å². The van der Waals surface area contributed by atoms with Gasteiger partial charge in [0.25, 0.3) is 0 Å². The molecule has 76 valence electrons. The zero-order valence-corrected chi connectivity index (χ0v) is 9.76. The van der Waals surface area contributed by atoms with Gasteiger partial charge in [0.15, 0.2) is 0 Å². The Kier molecular flexibility index (Phi) is 3.08. The average molecular weight is 255 g/mol. The van der Waals surface area contributed by atoms with E-state index in [1.54, 1.807) is 0 Å². The predicted octanol–water partition coefficient (Wildman–Crippen LogP) is 2.16. The van der Waals surface area contributed by atoms with E-state index in [1.165, 1.54) is 35.2 Å². The van der Waals surface area contributed by atoms with Crippen molar-refractivity contribution in [2.75, 3.05) is 24.5 Å². The van der Waals surface area contributed by atoms with Crippen molar-refractivity contribution >= 4 is 21.6 Å². The van der Waals surface area contributed by atoms with Gasteiger partial charge >= 0.3 is 0 Å². The molecule has 1 aromatic carbocycles. The third-order valence-electron chi connectivity index (χ3n) is 2.67. The SMILES string of the molecule is NCCc1ccc(N2CCC2)cc1Br. The van der Waals surface area contributed by atoms with Crippen LogP contribution in [0.5, 0.6) is 0 Å². The molecule has 2 N–H and O–H groups in total. The fraction of sp³-hybridized carbons (Fsp3) is 0.455. The van der Waals surface area contributed by atoms with E-state index in [-0.39, 0.29) is 0 Å². The van der Waals surface area contributed by atoms with E-state index in [4.69, 9.17) is 5.73 Å². The van der Waals surface area contributed by atoms with Crippen LogP contribution in [-0.2, 0) is 6.42 Å². The van der Waals surface area contributed by atoms with Crippen LogP contribution in [0, 0.1) is 0 Å². The summed E-state index contributed by atoms with van der Waals surface area (Å²) in [5.41, 5.74) is 8.16. The Balaban J connectivity index is 2.16. The van der Waals surface area contributed by atoms with Gasteiger partial charge in [-0.15, -0.1) is 0 Å². The van der Waals surface area contributed by atoms with Crippen molar-refractivity contribution < 1.29 is 0 Å². The first-order chi connectivity index (χ1) is 6.81. The number of nitrogens with zero attached hydrogens (tertiary/aromatic N) is 1. The lowest BCUT2D eigenvalue weighted by atomic mass is 10.1. The van der Waals surface area contributed by atoms with Gasteiger partial charge in [-0.25, -0.2) is 0 Å². The molecule has 1 saturated heterocycles. The first-order valence-corrected chi connectivity index (χ1v) is 5.84. The van der Waals surface area contributed by atoms with Gasteiger partial charge in [0.05, 0.1) is 0 Å². The van der Waals surface area contributed by atoms with Crippen molar-refractivity contribution in [3.8, 4) is 0 Å². The highest BCUT2D eigenvalue weighted by atomic mass is 79.9. The molecule has 0 saturated carbocycles. The molecule has 0 amide bonds. The van der Waals surface area contributed by atoms with Crippen LogP contribution in [0.4, 0.5) is 5.69 Å². The fourth-order valence-corrected chi connectivity index (χ4v) is 2.23. The Morgan fingerprint density at radius 3 is 2.64 bits per heavy atom. The van der Waals surface area contributed by atoms with E-state index in [0.717, 1.165) is 6.42 Å². The molecule has 0 atom stereocenters. The van der Waals surface area contributed by atoms with Gasteiger partial charge in [0, 0.05) is 23.2 Å². The summed E-state index contributed by atoms with van der Waals surface area (Å²) < 4.78 is 1.19. The monoisotopic (exact) mass is 254 g/mol. The van der Waals surface area contributed by atoms with Gasteiger partial charge < -0.3 is 10.6 Å². The van der Waals surface area contributed by atoms with Crippen LogP contribution in [0.3, 0.4) is 0 Å². The Labute approximate surface area is 93.2 Å². The summed E-state index contributed by atoms with van der Waals surface area (Å²) in [4.78, 5) is 2.39. The molecule has 14 heavy (non-hydrogen) atoms. The second-order valence-corrected chi connectivity index (χ2v) is 4.51. The molecule has 2 rings (SSSR count). The number of hydrogen-bond donors (Lipinski definition) is 1. The smallest absolute Gasteiger partial charge is 0.0377 e. The van der Waals surface area contributed by atoms with Crippen LogP contribution in [0.15, 0.2) is 22.7 Å². The first kappa shape index (κ1) is 9.99. The number of halogens is 1. The second kappa shape index (κ2) is 4.32. The summed E-state index contributed by atoms with van der Waals surface area (Å²) in [6.07, 6.45) is 2.27. The summed E-state index contributed by atoms with van der Waals surface area (Å²) in [6.45, 7) is 3.10. The quantitative estimate of drug-likeness (QED) is 0.896. The molecule has 0 spiro atoms. The van der Waals surface area contributed by atoms with E-state index < -0.39 is 0 Å². The zero-order valence-electron chi connectivity index (χ0n) is 8.17. The number of benzene rings is 1. The molecule has 0 aliphatic carbocycles. The number of anilines is 1. The third-order valence-corrected chi connectivity index (χ3v) is 3.41. The lowest BCUT2D eigenvalue weighted by Crippen LogP contribution is -2.36. The van der Waals surface area contributed by atoms with E-state index in [0.29, 0.717) is 6.54 Å². The maximum atomic E-state index is 5.53. The maximum Gasteiger partial charge on any atom is 0.0377 e. The Bertz CT molecular complexity index is 321. The Morgan fingerprint density at radius 2 is 2.14 bits per heavy atom. The molecule has 0 radical (unpaired) electrons. The molecule has 1 aromatic rings. The minimum absolute atomic E-state index is 0.710. The van der Waals surface area contributed by atoms with Crippen LogP contribution in [0.2, 0.25) is 0 Å². The Morgan fingerprint density at radius 1 is 1.36 bits per heavy atom. The number of hydrogen-bond acceptors (Lipinski definition) is 2. The molecule has 0 unspecified atom stereocenters. The molecular formula is C11H15BrN2. The minimum atomic E-state index is 0.710. The van der Waals surface area contributed by atoms with Gasteiger partial charge in [0.2, 0.25) is 0 Å². The minimum Gasteiger partial charge on any atom is -0.371 e. The molecule has 0 bridgehead atoms. The normalized spacial score (nSPS) is 15.4. The molecule has 1 fully saturated rings. The molecule has 2 nitrogen and oxygen atoms in total. The first-order valence-electron chi connectivity index (χ1n) is 5.04. The van der Waals surface area contributed by atoms with Gasteiger partial charge in [-0.2, -0.15) is 0 Å². The van der Waals surface area contributed by atoms with Crippen molar-refractivity contribution in [2.45, 2.75) is 12.8 Å². The standard InChI is InChI=1S/C11H15BrN2/c12-11-8-10(14-6-1-7-14)3-2-9(11)4-5-13/h2-3,8H,1,4-7,13H2. The summed E-state index contributed by atoms with van der Waals surface area (Å²) in [7, 11) is 0. The molecule has 1 aliphatic heterocycles. The van der Waals surface area contributed by atoms with Crippen LogP contribution < -0.4 is 10.6 Å². The van der Waals surface area contributed by atoms with Gasteiger partial charge in [-0.1, -0.05) is 22.0 Å². The van der Waals surface area contributed by atoms with E-state index in [9.17, 15) is 0 Å². The summed E-state index contributed by atoms with van der Waals surface area (Å²) in [6, 6.07) is 6.56. The van der Waals surface area contributed by atoms with Crippen LogP contribution in [0.1, 0.15) is 12.0 Å². The highest BCUT2D eigenvalue weighted by molar-refractivity contribution is 9.10. The number of nitrogens with two attached hydrogens (primary N) is 1. The molecule has 1 aliphatic rings.